The van der Waals surface area contributed by atoms with E-state index in [1.54, 1.807) is 31.2 Å². The fourth-order valence-corrected chi connectivity index (χ4v) is 2.48. The van der Waals surface area contributed by atoms with Crippen molar-refractivity contribution in [1.29, 1.82) is 0 Å². The Balaban J connectivity index is 2.88. The van der Waals surface area contributed by atoms with Crippen molar-refractivity contribution in [2.24, 2.45) is 0 Å². The van der Waals surface area contributed by atoms with Gasteiger partial charge in [-0.3, -0.25) is 4.79 Å². The summed E-state index contributed by atoms with van der Waals surface area (Å²) in [4.78, 5) is 10.7. The molecule has 0 aromatic heterocycles. The zero-order chi connectivity index (χ0) is 13.9. The monoisotopic (exact) mass is 272 g/mol. The zero-order valence-corrected chi connectivity index (χ0v) is 10.9. The molecule has 0 spiro atoms. The molecular formula is C11H16N2O4S. The summed E-state index contributed by atoms with van der Waals surface area (Å²) in [5, 5.41) is 7.21. The average Bonchev–Trinajstić information content (AvgIpc) is 2.27. The molecule has 2 atom stereocenters. The first-order valence-electron chi connectivity index (χ1n) is 5.33. The van der Waals surface area contributed by atoms with Gasteiger partial charge in [-0.15, -0.1) is 0 Å². The van der Waals surface area contributed by atoms with E-state index < -0.39 is 27.3 Å². The van der Waals surface area contributed by atoms with Crippen LogP contribution in [0.2, 0.25) is 0 Å². The van der Waals surface area contributed by atoms with E-state index in [1.807, 2.05) is 0 Å². The van der Waals surface area contributed by atoms with Gasteiger partial charge in [0, 0.05) is 11.7 Å². The van der Waals surface area contributed by atoms with Crippen LogP contribution in [0.15, 0.2) is 24.3 Å². The van der Waals surface area contributed by atoms with Gasteiger partial charge in [-0.05, 0) is 31.5 Å². The molecule has 2 unspecified atom stereocenters. The van der Waals surface area contributed by atoms with Crippen LogP contribution in [0.3, 0.4) is 0 Å². The number of nitrogens with two attached hydrogens (primary N) is 1. The molecule has 0 saturated carbocycles. The Labute approximate surface area is 106 Å². The summed E-state index contributed by atoms with van der Waals surface area (Å²) in [5.74, 6) is -1.39. The molecule has 1 rings (SSSR count). The van der Waals surface area contributed by atoms with Gasteiger partial charge in [0.2, 0.25) is 10.0 Å². The number of aliphatic carboxylic acids is 1. The molecule has 0 saturated heterocycles. The van der Waals surface area contributed by atoms with E-state index in [9.17, 15) is 13.2 Å². The third kappa shape index (κ3) is 3.44. The van der Waals surface area contributed by atoms with Crippen LogP contribution in [0, 0.1) is 0 Å². The minimum Gasteiger partial charge on any atom is -0.480 e. The normalized spacial score (nSPS) is 15.0. The van der Waals surface area contributed by atoms with Gasteiger partial charge >= 0.3 is 5.97 Å². The predicted octanol–water partition coefficient (Wildman–Crippen LogP) is 0.722. The van der Waals surface area contributed by atoms with Crippen LogP contribution in [0.25, 0.3) is 0 Å². The van der Waals surface area contributed by atoms with Crippen LogP contribution in [-0.4, -0.2) is 24.7 Å². The Morgan fingerprint density at radius 1 is 1.39 bits per heavy atom. The van der Waals surface area contributed by atoms with Crippen molar-refractivity contribution in [3.63, 3.8) is 0 Å². The number of sulfonamides is 1. The maximum absolute atomic E-state index is 11.7. The van der Waals surface area contributed by atoms with E-state index in [0.717, 1.165) is 6.92 Å². The fraction of sp³-hybridized carbons (Fsp3) is 0.364. The molecule has 0 bridgehead atoms. The molecule has 1 aromatic carbocycles. The highest BCUT2D eigenvalue weighted by Gasteiger charge is 2.29. The number of nitrogen functional groups attached to an aromatic ring is 1. The number of rotatable bonds is 5. The Hall–Kier alpha value is -1.60. The van der Waals surface area contributed by atoms with Crippen LogP contribution < -0.4 is 10.5 Å². The molecule has 0 fully saturated rings. The summed E-state index contributed by atoms with van der Waals surface area (Å²) in [6.07, 6.45) is 0. The summed E-state index contributed by atoms with van der Waals surface area (Å²) in [7, 11) is -3.91. The minimum atomic E-state index is -3.91. The second kappa shape index (κ2) is 5.36. The first-order valence-corrected chi connectivity index (χ1v) is 6.88. The number of hydrogen-bond acceptors (Lipinski definition) is 4. The van der Waals surface area contributed by atoms with Gasteiger partial charge in [-0.2, -0.15) is 0 Å². The molecule has 7 heteroatoms. The second-order valence-electron chi connectivity index (χ2n) is 4.04. The molecule has 0 aliphatic carbocycles. The largest absolute Gasteiger partial charge is 0.480 e. The van der Waals surface area contributed by atoms with Crippen molar-refractivity contribution in [1.82, 2.24) is 4.72 Å². The number of nitrogens with one attached hydrogen (secondary N) is 1. The predicted molar refractivity (Wildman–Crippen MR) is 68.4 cm³/mol. The van der Waals surface area contributed by atoms with Crippen molar-refractivity contribution in [3.8, 4) is 0 Å². The molecule has 0 heterocycles. The Morgan fingerprint density at radius 3 is 2.50 bits per heavy atom. The van der Waals surface area contributed by atoms with E-state index >= 15 is 0 Å². The summed E-state index contributed by atoms with van der Waals surface area (Å²) >= 11 is 0. The van der Waals surface area contributed by atoms with Gasteiger partial charge in [0.15, 0.2) is 5.25 Å². The van der Waals surface area contributed by atoms with Crippen molar-refractivity contribution >= 4 is 21.7 Å². The Bertz CT molecular complexity index is 542. The second-order valence-corrected chi connectivity index (χ2v) is 6.07. The van der Waals surface area contributed by atoms with Crippen LogP contribution in [0.4, 0.5) is 5.69 Å². The van der Waals surface area contributed by atoms with Gasteiger partial charge < -0.3 is 10.8 Å². The summed E-state index contributed by atoms with van der Waals surface area (Å²) < 4.78 is 25.8. The number of carboxylic acid groups (broad SMARTS) is 1. The molecular weight excluding hydrogens is 256 g/mol. The van der Waals surface area contributed by atoms with Gasteiger partial charge in [0.1, 0.15) is 0 Å². The van der Waals surface area contributed by atoms with Crippen molar-refractivity contribution < 1.29 is 18.3 Å². The molecule has 0 radical (unpaired) electrons. The maximum atomic E-state index is 11.7. The summed E-state index contributed by atoms with van der Waals surface area (Å²) in [6, 6.07) is 6.20. The van der Waals surface area contributed by atoms with Crippen LogP contribution in [0.5, 0.6) is 0 Å². The molecule has 0 aliphatic rings. The number of carbonyl (C=O) groups is 1. The lowest BCUT2D eigenvalue weighted by Crippen LogP contribution is -2.38. The highest BCUT2D eigenvalue weighted by molar-refractivity contribution is 7.90. The quantitative estimate of drug-likeness (QED) is 0.684. The van der Waals surface area contributed by atoms with Gasteiger partial charge in [-0.25, -0.2) is 13.1 Å². The number of carboxylic acids is 1. The Kier molecular flexibility index (Phi) is 4.31. The standard InChI is InChI=1S/C11H16N2O4S/c1-7(9-4-3-5-10(12)6-9)13-18(16,17)8(2)11(14)15/h3-8,13H,12H2,1-2H3,(H,14,15). The van der Waals surface area contributed by atoms with Crippen LogP contribution in [-0.2, 0) is 14.8 Å². The van der Waals surface area contributed by atoms with Gasteiger partial charge in [0.25, 0.3) is 0 Å². The van der Waals surface area contributed by atoms with Crippen molar-refractivity contribution in [2.45, 2.75) is 25.1 Å². The lowest BCUT2D eigenvalue weighted by Gasteiger charge is -2.17. The van der Waals surface area contributed by atoms with E-state index in [1.165, 1.54) is 0 Å². The first-order chi connectivity index (χ1) is 8.24. The molecule has 4 N–H and O–H groups in total. The molecule has 18 heavy (non-hydrogen) atoms. The van der Waals surface area contributed by atoms with Crippen molar-refractivity contribution in [3.05, 3.63) is 29.8 Å². The number of anilines is 1. The van der Waals surface area contributed by atoms with E-state index in [4.69, 9.17) is 10.8 Å². The van der Waals surface area contributed by atoms with Crippen LogP contribution in [0.1, 0.15) is 25.5 Å². The zero-order valence-electron chi connectivity index (χ0n) is 10.1. The van der Waals surface area contributed by atoms with E-state index in [0.29, 0.717) is 11.3 Å². The fourth-order valence-electron chi connectivity index (χ4n) is 1.38. The Morgan fingerprint density at radius 2 is 2.00 bits per heavy atom. The minimum absolute atomic E-state index is 0.518. The topological polar surface area (TPSA) is 109 Å². The molecule has 6 nitrogen and oxygen atoms in total. The van der Waals surface area contributed by atoms with Gasteiger partial charge in [-0.1, -0.05) is 12.1 Å². The highest BCUT2D eigenvalue weighted by Crippen LogP contribution is 2.17. The molecule has 100 valence electrons. The van der Waals surface area contributed by atoms with E-state index in [2.05, 4.69) is 4.72 Å². The van der Waals surface area contributed by atoms with Crippen molar-refractivity contribution in [2.75, 3.05) is 5.73 Å². The first kappa shape index (κ1) is 14.5. The maximum Gasteiger partial charge on any atom is 0.323 e. The lowest BCUT2D eigenvalue weighted by molar-refractivity contribution is -0.136. The van der Waals surface area contributed by atoms with Gasteiger partial charge in [0.05, 0.1) is 0 Å². The third-order valence-electron chi connectivity index (χ3n) is 2.56. The van der Waals surface area contributed by atoms with E-state index in [-0.39, 0.29) is 0 Å². The highest BCUT2D eigenvalue weighted by atomic mass is 32.2. The number of hydrogen-bond donors (Lipinski definition) is 3. The molecule has 1 aromatic rings. The van der Waals surface area contributed by atoms with Crippen LogP contribution >= 0.6 is 0 Å². The molecule has 0 amide bonds. The SMILES string of the molecule is CC(NS(=O)(=O)C(C)C(=O)O)c1cccc(N)c1. The average molecular weight is 272 g/mol. The third-order valence-corrected chi connectivity index (χ3v) is 4.38. The molecule has 0 aliphatic heterocycles. The summed E-state index contributed by atoms with van der Waals surface area (Å²) in [6.45, 7) is 2.75. The smallest absolute Gasteiger partial charge is 0.323 e. The lowest BCUT2D eigenvalue weighted by atomic mass is 10.1. The summed E-state index contributed by atoms with van der Waals surface area (Å²) in [5.41, 5.74) is 6.79. The number of benzene rings is 1.